The molecular weight excluding hydrogens is 448 g/mol. The van der Waals surface area contributed by atoms with E-state index in [4.69, 9.17) is 20.8 Å². The maximum atomic E-state index is 13.3. The molecule has 0 fully saturated rings. The fourth-order valence-corrected chi connectivity index (χ4v) is 3.36. The fourth-order valence-electron chi connectivity index (χ4n) is 3.17. The molecule has 0 saturated carbocycles. The van der Waals surface area contributed by atoms with Gasteiger partial charge in [-0.3, -0.25) is 14.2 Å². The van der Waals surface area contributed by atoms with Crippen LogP contribution in [-0.4, -0.2) is 27.4 Å². The molecule has 2 heterocycles. The van der Waals surface area contributed by atoms with Crippen LogP contribution in [0.4, 0.5) is 0 Å². The number of halogens is 1. The second kappa shape index (κ2) is 9.58. The average Bonchev–Trinajstić information content (AvgIpc) is 3.35. The van der Waals surface area contributed by atoms with Crippen LogP contribution in [0.25, 0.3) is 5.69 Å². The number of methoxy groups -OCH3 is 1. The monoisotopic (exact) mass is 466 g/mol. The molecule has 0 aliphatic heterocycles. The first-order valence-electron chi connectivity index (χ1n) is 9.90. The van der Waals surface area contributed by atoms with E-state index in [-0.39, 0.29) is 13.1 Å². The van der Waals surface area contributed by atoms with E-state index in [1.807, 2.05) is 0 Å². The van der Waals surface area contributed by atoms with Crippen molar-refractivity contribution in [1.29, 1.82) is 0 Å². The smallest absolute Gasteiger partial charge is 0.352 e. The van der Waals surface area contributed by atoms with Gasteiger partial charge in [-0.25, -0.2) is 4.79 Å². The molecule has 0 unspecified atom stereocenters. The minimum atomic E-state index is -0.837. The highest BCUT2D eigenvalue weighted by atomic mass is 35.5. The lowest BCUT2D eigenvalue weighted by Crippen LogP contribution is -2.46. The molecule has 0 aliphatic carbocycles. The van der Waals surface area contributed by atoms with Gasteiger partial charge in [0.05, 0.1) is 32.1 Å². The molecule has 1 amide bonds. The van der Waals surface area contributed by atoms with Crippen LogP contribution in [0.1, 0.15) is 21.8 Å². The van der Waals surface area contributed by atoms with Gasteiger partial charge in [0.1, 0.15) is 11.5 Å². The molecule has 168 valence electrons. The summed E-state index contributed by atoms with van der Waals surface area (Å²) in [6.45, 7) is -0.0853. The van der Waals surface area contributed by atoms with Gasteiger partial charge in [-0.2, -0.15) is 9.78 Å². The topological polar surface area (TPSA) is 108 Å². The number of benzene rings is 2. The third-order valence-corrected chi connectivity index (χ3v) is 5.23. The summed E-state index contributed by atoms with van der Waals surface area (Å²) < 4.78 is 12.3. The van der Waals surface area contributed by atoms with Gasteiger partial charge in [-0.05, 0) is 35.9 Å². The van der Waals surface area contributed by atoms with Crippen molar-refractivity contribution in [3.63, 3.8) is 0 Å². The molecular formula is C23H19ClN4O5. The Kier molecular flexibility index (Phi) is 6.41. The average molecular weight is 467 g/mol. The van der Waals surface area contributed by atoms with E-state index in [1.54, 1.807) is 60.7 Å². The highest BCUT2D eigenvalue weighted by Gasteiger charge is 2.21. The molecule has 4 aromatic rings. The van der Waals surface area contributed by atoms with Crippen LogP contribution in [0.2, 0.25) is 5.02 Å². The van der Waals surface area contributed by atoms with Crippen molar-refractivity contribution in [1.82, 2.24) is 19.7 Å². The SMILES string of the molecule is COc1cccc(-n2nc(C(=O)NCc3ccco3)c(=O)n(Cc3ccccc3Cl)c2=O)c1. The summed E-state index contributed by atoms with van der Waals surface area (Å²) in [6.07, 6.45) is 1.47. The van der Waals surface area contributed by atoms with Crippen molar-refractivity contribution in [2.45, 2.75) is 13.1 Å². The normalized spacial score (nSPS) is 10.7. The predicted molar refractivity (Wildman–Crippen MR) is 121 cm³/mol. The lowest BCUT2D eigenvalue weighted by Gasteiger charge is -2.13. The molecule has 2 aromatic carbocycles. The predicted octanol–water partition coefficient (Wildman–Crippen LogP) is 2.63. The Morgan fingerprint density at radius 1 is 1.12 bits per heavy atom. The van der Waals surface area contributed by atoms with Crippen molar-refractivity contribution >= 4 is 17.5 Å². The van der Waals surface area contributed by atoms with E-state index in [0.29, 0.717) is 27.8 Å². The van der Waals surface area contributed by atoms with Crippen LogP contribution >= 0.6 is 11.6 Å². The molecule has 0 radical (unpaired) electrons. The van der Waals surface area contributed by atoms with E-state index >= 15 is 0 Å². The maximum Gasteiger partial charge on any atom is 0.352 e. The van der Waals surface area contributed by atoms with Gasteiger partial charge in [0.2, 0.25) is 5.69 Å². The van der Waals surface area contributed by atoms with Crippen molar-refractivity contribution < 1.29 is 13.9 Å². The van der Waals surface area contributed by atoms with Gasteiger partial charge in [0.25, 0.3) is 11.5 Å². The second-order valence-electron chi connectivity index (χ2n) is 6.99. The molecule has 10 heteroatoms. The maximum absolute atomic E-state index is 13.3. The van der Waals surface area contributed by atoms with Crippen LogP contribution in [-0.2, 0) is 13.1 Å². The standard InChI is InChI=1S/C23H19ClN4O5/c1-32-17-8-4-7-16(12-17)28-23(31)27(14-15-6-2-3-10-19(15)24)22(30)20(26-28)21(29)25-13-18-9-5-11-33-18/h2-12H,13-14H2,1H3,(H,25,29). The third-order valence-electron chi connectivity index (χ3n) is 4.86. The van der Waals surface area contributed by atoms with Crippen LogP contribution < -0.4 is 21.3 Å². The number of amides is 1. The van der Waals surface area contributed by atoms with E-state index < -0.39 is 22.9 Å². The van der Waals surface area contributed by atoms with E-state index in [9.17, 15) is 14.4 Å². The van der Waals surface area contributed by atoms with Crippen molar-refractivity contribution in [3.05, 3.63) is 110 Å². The second-order valence-corrected chi connectivity index (χ2v) is 7.40. The van der Waals surface area contributed by atoms with Gasteiger partial charge in [-0.15, -0.1) is 0 Å². The third kappa shape index (κ3) is 4.73. The molecule has 9 nitrogen and oxygen atoms in total. The lowest BCUT2D eigenvalue weighted by molar-refractivity contribution is 0.0938. The Morgan fingerprint density at radius 2 is 1.94 bits per heavy atom. The van der Waals surface area contributed by atoms with Gasteiger partial charge in [0, 0.05) is 11.1 Å². The number of furan rings is 1. The number of hydrogen-bond acceptors (Lipinski definition) is 6. The number of aromatic nitrogens is 3. The molecule has 0 spiro atoms. The molecule has 1 N–H and O–H groups in total. The molecule has 33 heavy (non-hydrogen) atoms. The van der Waals surface area contributed by atoms with E-state index in [2.05, 4.69) is 10.4 Å². The summed E-state index contributed by atoms with van der Waals surface area (Å²) in [7, 11) is 1.49. The summed E-state index contributed by atoms with van der Waals surface area (Å²) in [5, 5.41) is 7.06. The number of hydrogen-bond donors (Lipinski definition) is 1. The zero-order chi connectivity index (χ0) is 23.4. The van der Waals surface area contributed by atoms with Crippen LogP contribution in [0.3, 0.4) is 0 Å². The highest BCUT2D eigenvalue weighted by Crippen LogP contribution is 2.16. The van der Waals surface area contributed by atoms with Gasteiger partial charge >= 0.3 is 5.69 Å². The Labute approximate surface area is 192 Å². The summed E-state index contributed by atoms with van der Waals surface area (Å²) >= 11 is 6.24. The van der Waals surface area contributed by atoms with Crippen molar-refractivity contribution in [2.75, 3.05) is 7.11 Å². The van der Waals surface area contributed by atoms with Crippen LogP contribution in [0, 0.1) is 0 Å². The summed E-state index contributed by atoms with van der Waals surface area (Å²) in [6, 6.07) is 16.7. The molecule has 0 saturated heterocycles. The first kappa shape index (κ1) is 22.1. The Bertz CT molecular complexity index is 1410. The molecule has 2 aromatic heterocycles. The summed E-state index contributed by atoms with van der Waals surface area (Å²) in [5.41, 5.74) is -1.14. The molecule has 4 rings (SSSR count). The van der Waals surface area contributed by atoms with Gasteiger partial charge < -0.3 is 14.5 Å². The molecule has 0 atom stereocenters. The number of nitrogens with zero attached hydrogens (tertiary/aromatic N) is 3. The zero-order valence-corrected chi connectivity index (χ0v) is 18.3. The zero-order valence-electron chi connectivity index (χ0n) is 17.5. The van der Waals surface area contributed by atoms with Crippen molar-refractivity contribution in [3.8, 4) is 11.4 Å². The molecule has 0 aliphatic rings. The minimum Gasteiger partial charge on any atom is -0.497 e. The van der Waals surface area contributed by atoms with Crippen LogP contribution in [0.5, 0.6) is 5.75 Å². The van der Waals surface area contributed by atoms with Gasteiger partial charge in [-0.1, -0.05) is 35.9 Å². The number of carbonyl (C=O) groups is 1. The summed E-state index contributed by atoms with van der Waals surface area (Å²) in [4.78, 5) is 39.3. The van der Waals surface area contributed by atoms with E-state index in [1.165, 1.54) is 13.4 Å². The summed E-state index contributed by atoms with van der Waals surface area (Å²) in [5.74, 6) is 0.232. The molecule has 0 bridgehead atoms. The first-order chi connectivity index (χ1) is 16.0. The Morgan fingerprint density at radius 3 is 2.67 bits per heavy atom. The number of nitrogens with one attached hydrogen (secondary N) is 1. The minimum absolute atomic E-state index is 0.0513. The van der Waals surface area contributed by atoms with Gasteiger partial charge in [0.15, 0.2) is 0 Å². The highest BCUT2D eigenvalue weighted by molar-refractivity contribution is 6.31. The lowest BCUT2D eigenvalue weighted by atomic mass is 10.2. The quantitative estimate of drug-likeness (QED) is 0.448. The van der Waals surface area contributed by atoms with E-state index in [0.717, 1.165) is 9.25 Å². The number of carbonyl (C=O) groups excluding carboxylic acids is 1. The Hall–Kier alpha value is -4.11. The Balaban J connectivity index is 1.83. The number of rotatable bonds is 7. The number of ether oxygens (including phenoxy) is 1. The first-order valence-corrected chi connectivity index (χ1v) is 10.3. The largest absolute Gasteiger partial charge is 0.497 e. The van der Waals surface area contributed by atoms with Crippen molar-refractivity contribution in [2.24, 2.45) is 0 Å². The van der Waals surface area contributed by atoms with Crippen LogP contribution in [0.15, 0.2) is 80.9 Å². The fraction of sp³-hybridized carbons (Fsp3) is 0.130.